The van der Waals surface area contributed by atoms with Gasteiger partial charge in [-0.3, -0.25) is 0 Å². The third kappa shape index (κ3) is 4.64. The molecule has 0 aromatic carbocycles. The van der Waals surface area contributed by atoms with Gasteiger partial charge in [-0.1, -0.05) is 26.7 Å². The number of hydrogen-bond donors (Lipinski definition) is 0. The first-order valence-electron chi connectivity index (χ1n) is 6.32. The van der Waals surface area contributed by atoms with Gasteiger partial charge in [0, 0.05) is 12.6 Å². The Balaban J connectivity index is 4.87. The Morgan fingerprint density at radius 1 is 1.24 bits per heavy atom. The minimum Gasteiger partial charge on any atom is -0.211 e. The summed E-state index contributed by atoms with van der Waals surface area (Å²) in [5.74, 6) is 0. The minimum absolute atomic E-state index is 0.0840. The van der Waals surface area contributed by atoms with Crippen LogP contribution in [0.4, 0.5) is 0 Å². The largest absolute Gasteiger partial charge is 0.230 e. The maximum atomic E-state index is 12.2. The van der Waals surface area contributed by atoms with Crippen LogP contribution in [0.3, 0.4) is 0 Å². The maximum absolute atomic E-state index is 12.2. The van der Waals surface area contributed by atoms with E-state index in [0.29, 0.717) is 13.0 Å². The molecule has 0 radical (unpaired) electrons. The SMILES string of the molecule is CCCCCN(C(C)C)S(=O)(=O)C(C#N)CC. The molecular weight excluding hydrogens is 236 g/mol. The van der Waals surface area contributed by atoms with Gasteiger partial charge in [0.2, 0.25) is 10.0 Å². The minimum atomic E-state index is -3.47. The Morgan fingerprint density at radius 2 is 1.82 bits per heavy atom. The highest BCUT2D eigenvalue weighted by molar-refractivity contribution is 7.90. The van der Waals surface area contributed by atoms with Crippen LogP contribution in [0, 0.1) is 11.3 Å². The molecule has 100 valence electrons. The lowest BCUT2D eigenvalue weighted by molar-refractivity contribution is 0.343. The van der Waals surface area contributed by atoms with Gasteiger partial charge in [-0.15, -0.1) is 0 Å². The molecule has 0 aliphatic heterocycles. The van der Waals surface area contributed by atoms with Gasteiger partial charge >= 0.3 is 0 Å². The van der Waals surface area contributed by atoms with Crippen molar-refractivity contribution in [3.63, 3.8) is 0 Å². The summed E-state index contributed by atoms with van der Waals surface area (Å²) >= 11 is 0. The van der Waals surface area contributed by atoms with E-state index in [4.69, 9.17) is 5.26 Å². The maximum Gasteiger partial charge on any atom is 0.230 e. The van der Waals surface area contributed by atoms with Gasteiger partial charge in [0.05, 0.1) is 6.07 Å². The highest BCUT2D eigenvalue weighted by atomic mass is 32.2. The molecule has 0 aliphatic carbocycles. The molecule has 0 aromatic heterocycles. The topological polar surface area (TPSA) is 61.2 Å². The number of unbranched alkanes of at least 4 members (excludes halogenated alkanes) is 2. The van der Waals surface area contributed by atoms with Crippen molar-refractivity contribution in [3.05, 3.63) is 0 Å². The second kappa shape index (κ2) is 7.67. The van der Waals surface area contributed by atoms with Crippen LogP contribution >= 0.6 is 0 Å². The summed E-state index contributed by atoms with van der Waals surface area (Å²) in [5.41, 5.74) is 0. The first-order chi connectivity index (χ1) is 7.91. The fourth-order valence-corrected chi connectivity index (χ4v) is 3.58. The molecule has 0 rings (SSSR count). The molecule has 1 unspecified atom stereocenters. The van der Waals surface area contributed by atoms with Crippen molar-refractivity contribution in [1.82, 2.24) is 4.31 Å². The van der Waals surface area contributed by atoms with Gasteiger partial charge in [-0.05, 0) is 26.7 Å². The highest BCUT2D eigenvalue weighted by Gasteiger charge is 2.32. The molecule has 4 nitrogen and oxygen atoms in total. The summed E-state index contributed by atoms with van der Waals surface area (Å²) in [7, 11) is -3.47. The second-order valence-electron chi connectivity index (χ2n) is 4.48. The van der Waals surface area contributed by atoms with Gasteiger partial charge in [0.25, 0.3) is 0 Å². The van der Waals surface area contributed by atoms with Crippen molar-refractivity contribution in [3.8, 4) is 6.07 Å². The molecule has 0 spiro atoms. The Kier molecular flexibility index (Phi) is 7.40. The fourth-order valence-electron chi connectivity index (χ4n) is 1.73. The predicted molar refractivity (Wildman–Crippen MR) is 70.0 cm³/mol. The average Bonchev–Trinajstić information content (AvgIpc) is 2.24. The monoisotopic (exact) mass is 260 g/mol. The quantitative estimate of drug-likeness (QED) is 0.630. The van der Waals surface area contributed by atoms with Gasteiger partial charge in [-0.2, -0.15) is 9.57 Å². The number of nitriles is 1. The molecule has 0 N–H and O–H groups in total. The van der Waals surface area contributed by atoms with Crippen molar-refractivity contribution in [1.29, 1.82) is 5.26 Å². The van der Waals surface area contributed by atoms with Crippen molar-refractivity contribution in [2.75, 3.05) is 6.54 Å². The van der Waals surface area contributed by atoms with Crippen LogP contribution in [0.2, 0.25) is 0 Å². The van der Waals surface area contributed by atoms with Gasteiger partial charge < -0.3 is 0 Å². The molecule has 1 atom stereocenters. The van der Waals surface area contributed by atoms with Gasteiger partial charge in [0.15, 0.2) is 5.25 Å². The summed E-state index contributed by atoms with van der Waals surface area (Å²) in [5, 5.41) is 8.00. The van der Waals surface area contributed by atoms with Crippen LogP contribution in [0.15, 0.2) is 0 Å². The molecule has 17 heavy (non-hydrogen) atoms. The van der Waals surface area contributed by atoms with E-state index in [1.807, 2.05) is 19.9 Å². The number of hydrogen-bond acceptors (Lipinski definition) is 3. The molecule has 0 heterocycles. The van der Waals surface area contributed by atoms with Crippen LogP contribution < -0.4 is 0 Å². The Hall–Kier alpha value is -0.600. The third-order valence-corrected chi connectivity index (χ3v) is 5.18. The zero-order valence-electron chi connectivity index (χ0n) is 11.3. The van der Waals surface area contributed by atoms with E-state index in [1.165, 1.54) is 4.31 Å². The van der Waals surface area contributed by atoms with E-state index in [0.717, 1.165) is 19.3 Å². The smallest absolute Gasteiger partial charge is 0.211 e. The second-order valence-corrected chi connectivity index (χ2v) is 6.55. The lowest BCUT2D eigenvalue weighted by atomic mass is 10.2. The lowest BCUT2D eigenvalue weighted by Crippen LogP contribution is -2.42. The van der Waals surface area contributed by atoms with E-state index in [2.05, 4.69) is 6.92 Å². The Bertz CT molecular complexity index is 344. The standard InChI is InChI=1S/C12H24N2O2S/c1-5-7-8-9-14(11(3)4)17(15,16)12(6-2)10-13/h11-12H,5-9H2,1-4H3. The zero-order chi connectivity index (χ0) is 13.5. The average molecular weight is 260 g/mol. The van der Waals surface area contributed by atoms with Crippen LogP contribution in [0.25, 0.3) is 0 Å². The van der Waals surface area contributed by atoms with Gasteiger partial charge in [-0.25, -0.2) is 8.42 Å². The predicted octanol–water partition coefficient (Wildman–Crippen LogP) is 2.52. The number of nitrogens with zero attached hydrogens (tertiary/aromatic N) is 2. The summed E-state index contributed by atoms with van der Waals surface area (Å²) in [4.78, 5) is 0. The Morgan fingerprint density at radius 3 is 2.18 bits per heavy atom. The normalized spacial score (nSPS) is 13.9. The molecule has 0 saturated heterocycles. The summed E-state index contributed by atoms with van der Waals surface area (Å²) < 4.78 is 25.9. The summed E-state index contributed by atoms with van der Waals surface area (Å²) in [6.45, 7) is 8.04. The van der Waals surface area contributed by atoms with Crippen molar-refractivity contribution < 1.29 is 8.42 Å². The molecule has 0 bridgehead atoms. The molecule has 0 aliphatic rings. The summed E-state index contributed by atoms with van der Waals surface area (Å²) in [6, 6.07) is 1.80. The van der Waals surface area contributed by atoms with E-state index < -0.39 is 15.3 Å². The van der Waals surface area contributed by atoms with Crippen LogP contribution in [-0.4, -0.2) is 30.6 Å². The lowest BCUT2D eigenvalue weighted by Gasteiger charge is -2.27. The van der Waals surface area contributed by atoms with E-state index in [1.54, 1.807) is 6.92 Å². The molecular formula is C12H24N2O2S. The van der Waals surface area contributed by atoms with Crippen molar-refractivity contribution in [2.24, 2.45) is 0 Å². The summed E-state index contributed by atoms with van der Waals surface area (Å²) in [6.07, 6.45) is 3.27. The van der Waals surface area contributed by atoms with Crippen LogP contribution in [0.1, 0.15) is 53.4 Å². The molecule has 5 heteroatoms. The number of sulfonamides is 1. The molecule has 0 aromatic rings. The molecule has 0 amide bonds. The number of rotatable bonds is 8. The van der Waals surface area contributed by atoms with Crippen molar-refractivity contribution in [2.45, 2.75) is 64.7 Å². The van der Waals surface area contributed by atoms with Gasteiger partial charge in [0.1, 0.15) is 0 Å². The van der Waals surface area contributed by atoms with Crippen LogP contribution in [0.5, 0.6) is 0 Å². The van der Waals surface area contributed by atoms with E-state index in [-0.39, 0.29) is 6.04 Å². The first kappa shape index (κ1) is 16.4. The van der Waals surface area contributed by atoms with E-state index in [9.17, 15) is 8.42 Å². The molecule has 0 saturated carbocycles. The van der Waals surface area contributed by atoms with E-state index >= 15 is 0 Å². The van der Waals surface area contributed by atoms with Crippen molar-refractivity contribution >= 4 is 10.0 Å². The van der Waals surface area contributed by atoms with Crippen LogP contribution in [-0.2, 0) is 10.0 Å². The molecule has 0 fully saturated rings. The Labute approximate surface area is 106 Å². The zero-order valence-corrected chi connectivity index (χ0v) is 12.1. The highest BCUT2D eigenvalue weighted by Crippen LogP contribution is 2.16. The fraction of sp³-hybridized carbons (Fsp3) is 0.917. The first-order valence-corrected chi connectivity index (χ1v) is 7.82. The third-order valence-electron chi connectivity index (χ3n) is 2.76.